The molecule has 3 aromatic rings. The molecular formula is C15H10FN3O3. The molecule has 0 radical (unpaired) electrons. The van der Waals surface area contributed by atoms with E-state index in [4.69, 9.17) is 0 Å². The maximum atomic E-state index is 13.0. The minimum Gasteiger partial charge on any atom is -0.477 e. The largest absolute Gasteiger partial charge is 0.477 e. The number of carboxylic acid groups (broad SMARTS) is 1. The van der Waals surface area contributed by atoms with Gasteiger partial charge in [0, 0.05) is 24.2 Å². The lowest BCUT2D eigenvalue weighted by Crippen LogP contribution is -2.19. The number of nitrogens with zero attached hydrogens (tertiary/aromatic N) is 2. The van der Waals surface area contributed by atoms with Crippen molar-refractivity contribution in [3.05, 3.63) is 70.7 Å². The summed E-state index contributed by atoms with van der Waals surface area (Å²) in [7, 11) is 0. The lowest BCUT2D eigenvalue weighted by Gasteiger charge is -2.09. The van der Waals surface area contributed by atoms with Crippen LogP contribution in [0.5, 0.6) is 0 Å². The molecule has 0 atom stereocenters. The Kier molecular flexibility index (Phi) is 3.30. The van der Waals surface area contributed by atoms with Crippen LogP contribution in [0, 0.1) is 5.82 Å². The van der Waals surface area contributed by atoms with Crippen LogP contribution in [0.3, 0.4) is 0 Å². The molecule has 0 fully saturated rings. The van der Waals surface area contributed by atoms with E-state index in [1.54, 1.807) is 6.20 Å². The number of pyridine rings is 1. The standard InChI is InChI=1S/C15H10FN3O3/c16-10-3-1-9(2-4-10)12-7-19(11-5-17-18-6-11)8-13(14(12)20)15(21)22/h1-8H,(H,17,18)(H,21,22). The van der Waals surface area contributed by atoms with Crippen molar-refractivity contribution >= 4 is 5.97 Å². The molecule has 0 aliphatic carbocycles. The van der Waals surface area contributed by atoms with Gasteiger partial charge in [-0.25, -0.2) is 9.18 Å². The number of carbonyl (C=O) groups is 1. The topological polar surface area (TPSA) is 88.0 Å². The predicted octanol–water partition coefficient (Wildman–Crippen LogP) is 2.06. The Hall–Kier alpha value is -3.22. The number of H-pyrrole nitrogens is 1. The highest BCUT2D eigenvalue weighted by Crippen LogP contribution is 2.18. The van der Waals surface area contributed by atoms with Crippen molar-refractivity contribution in [2.75, 3.05) is 0 Å². The first-order valence-corrected chi connectivity index (χ1v) is 6.31. The monoisotopic (exact) mass is 299 g/mol. The molecular weight excluding hydrogens is 289 g/mol. The van der Waals surface area contributed by atoms with Crippen LogP contribution in [0.25, 0.3) is 16.8 Å². The molecule has 2 heterocycles. The summed E-state index contributed by atoms with van der Waals surface area (Å²) in [4.78, 5) is 23.6. The number of hydrogen-bond donors (Lipinski definition) is 2. The van der Waals surface area contributed by atoms with Crippen LogP contribution >= 0.6 is 0 Å². The molecule has 0 aliphatic heterocycles. The molecule has 2 N–H and O–H groups in total. The number of benzene rings is 1. The molecule has 0 saturated carbocycles. The molecule has 0 unspecified atom stereocenters. The fourth-order valence-electron chi connectivity index (χ4n) is 2.10. The molecule has 0 saturated heterocycles. The van der Waals surface area contributed by atoms with E-state index in [-0.39, 0.29) is 11.1 Å². The van der Waals surface area contributed by atoms with E-state index in [1.165, 1.54) is 47.4 Å². The van der Waals surface area contributed by atoms with E-state index in [1.807, 2.05) is 0 Å². The zero-order valence-electron chi connectivity index (χ0n) is 11.2. The molecule has 6 nitrogen and oxygen atoms in total. The molecule has 0 spiro atoms. The highest BCUT2D eigenvalue weighted by Gasteiger charge is 2.16. The summed E-state index contributed by atoms with van der Waals surface area (Å²) in [5.74, 6) is -1.76. The number of carboxylic acids is 1. The Labute approximate surface area is 123 Å². The van der Waals surface area contributed by atoms with Crippen molar-refractivity contribution in [3.8, 4) is 16.8 Å². The minimum absolute atomic E-state index is 0.168. The molecule has 0 aliphatic rings. The van der Waals surface area contributed by atoms with Crippen LogP contribution in [-0.2, 0) is 0 Å². The molecule has 0 amide bonds. The molecule has 22 heavy (non-hydrogen) atoms. The van der Waals surface area contributed by atoms with Gasteiger partial charge in [-0.15, -0.1) is 0 Å². The second-order valence-electron chi connectivity index (χ2n) is 4.59. The summed E-state index contributed by atoms with van der Waals surface area (Å²) in [5.41, 5.74) is 0.181. The summed E-state index contributed by atoms with van der Waals surface area (Å²) < 4.78 is 14.5. The van der Waals surface area contributed by atoms with Crippen LogP contribution in [-0.4, -0.2) is 25.8 Å². The van der Waals surface area contributed by atoms with E-state index < -0.39 is 17.2 Å². The number of nitrogens with one attached hydrogen (secondary N) is 1. The van der Waals surface area contributed by atoms with Crippen LogP contribution < -0.4 is 5.43 Å². The first kappa shape index (κ1) is 13.7. The van der Waals surface area contributed by atoms with Gasteiger partial charge in [-0.2, -0.15) is 5.10 Å². The fraction of sp³-hybridized carbons (Fsp3) is 0. The molecule has 2 aromatic heterocycles. The summed E-state index contributed by atoms with van der Waals surface area (Å²) in [6.45, 7) is 0. The van der Waals surface area contributed by atoms with Crippen LogP contribution in [0.1, 0.15) is 10.4 Å². The third kappa shape index (κ3) is 2.39. The maximum absolute atomic E-state index is 13.0. The normalized spacial score (nSPS) is 10.6. The lowest BCUT2D eigenvalue weighted by molar-refractivity contribution is 0.0695. The van der Waals surface area contributed by atoms with Crippen molar-refractivity contribution in [1.29, 1.82) is 0 Å². The van der Waals surface area contributed by atoms with E-state index in [0.29, 0.717) is 11.3 Å². The summed E-state index contributed by atoms with van der Waals surface area (Å²) in [6, 6.07) is 5.28. The van der Waals surface area contributed by atoms with Crippen LogP contribution in [0.2, 0.25) is 0 Å². The van der Waals surface area contributed by atoms with Gasteiger partial charge in [-0.05, 0) is 17.7 Å². The van der Waals surface area contributed by atoms with Crippen LogP contribution in [0.15, 0.2) is 53.8 Å². The SMILES string of the molecule is O=C(O)c1cn(-c2cn[nH]c2)cc(-c2ccc(F)cc2)c1=O. The lowest BCUT2D eigenvalue weighted by atomic mass is 10.0. The maximum Gasteiger partial charge on any atom is 0.341 e. The predicted molar refractivity (Wildman–Crippen MR) is 76.5 cm³/mol. The number of aromatic nitrogens is 3. The van der Waals surface area contributed by atoms with E-state index in [2.05, 4.69) is 10.2 Å². The van der Waals surface area contributed by atoms with Crippen molar-refractivity contribution in [1.82, 2.24) is 14.8 Å². The summed E-state index contributed by atoms with van der Waals surface area (Å²) >= 11 is 0. The average Bonchev–Trinajstić information content (AvgIpc) is 3.02. The van der Waals surface area contributed by atoms with E-state index in [0.717, 1.165) is 0 Å². The zero-order chi connectivity index (χ0) is 15.7. The zero-order valence-corrected chi connectivity index (χ0v) is 11.2. The molecule has 0 bridgehead atoms. The molecule has 110 valence electrons. The average molecular weight is 299 g/mol. The van der Waals surface area contributed by atoms with E-state index >= 15 is 0 Å². The van der Waals surface area contributed by atoms with Crippen LogP contribution in [0.4, 0.5) is 4.39 Å². The number of hydrogen-bond acceptors (Lipinski definition) is 3. The Morgan fingerprint density at radius 3 is 2.55 bits per heavy atom. The van der Waals surface area contributed by atoms with Gasteiger partial charge in [0.05, 0.1) is 11.9 Å². The second kappa shape index (κ2) is 5.28. The summed E-state index contributed by atoms with van der Waals surface area (Å²) in [6.07, 6.45) is 5.77. The Morgan fingerprint density at radius 1 is 1.23 bits per heavy atom. The van der Waals surface area contributed by atoms with Crippen molar-refractivity contribution < 1.29 is 14.3 Å². The smallest absolute Gasteiger partial charge is 0.341 e. The van der Waals surface area contributed by atoms with Gasteiger partial charge < -0.3 is 9.67 Å². The highest BCUT2D eigenvalue weighted by molar-refractivity contribution is 5.89. The second-order valence-corrected chi connectivity index (χ2v) is 4.59. The van der Waals surface area contributed by atoms with Crippen molar-refractivity contribution in [2.45, 2.75) is 0 Å². The van der Waals surface area contributed by atoms with Gasteiger partial charge in [0.25, 0.3) is 0 Å². The Morgan fingerprint density at radius 2 is 1.95 bits per heavy atom. The molecule has 7 heteroatoms. The quantitative estimate of drug-likeness (QED) is 0.775. The molecule has 3 rings (SSSR count). The summed E-state index contributed by atoms with van der Waals surface area (Å²) in [5, 5.41) is 15.6. The Bertz CT molecular complexity index is 883. The van der Waals surface area contributed by atoms with E-state index in [9.17, 15) is 19.1 Å². The van der Waals surface area contributed by atoms with Gasteiger partial charge in [0.15, 0.2) is 0 Å². The Balaban J connectivity index is 2.26. The van der Waals surface area contributed by atoms with Gasteiger partial charge in [-0.3, -0.25) is 9.89 Å². The minimum atomic E-state index is -1.33. The number of halogens is 1. The fourth-order valence-corrected chi connectivity index (χ4v) is 2.10. The number of rotatable bonds is 3. The van der Waals surface area contributed by atoms with Crippen molar-refractivity contribution in [2.24, 2.45) is 0 Å². The van der Waals surface area contributed by atoms with Gasteiger partial charge >= 0.3 is 5.97 Å². The first-order valence-electron chi connectivity index (χ1n) is 6.31. The van der Waals surface area contributed by atoms with Gasteiger partial charge in [0.1, 0.15) is 11.4 Å². The number of aromatic amines is 1. The number of aromatic carboxylic acids is 1. The third-order valence-electron chi connectivity index (χ3n) is 3.19. The third-order valence-corrected chi connectivity index (χ3v) is 3.19. The van der Waals surface area contributed by atoms with Crippen molar-refractivity contribution in [3.63, 3.8) is 0 Å². The van der Waals surface area contributed by atoms with Gasteiger partial charge in [0.2, 0.25) is 5.43 Å². The first-order chi connectivity index (χ1) is 10.6. The van der Waals surface area contributed by atoms with Gasteiger partial charge in [-0.1, -0.05) is 12.1 Å². The molecule has 1 aromatic carbocycles. The highest BCUT2D eigenvalue weighted by atomic mass is 19.1.